The number of carboxylic acids is 1. The van der Waals surface area contributed by atoms with Crippen molar-refractivity contribution < 1.29 is 33.0 Å². The van der Waals surface area contributed by atoms with Gasteiger partial charge >= 0.3 is 12.6 Å². The summed E-state index contributed by atoms with van der Waals surface area (Å²) >= 11 is 0. The Labute approximate surface area is 147 Å². The number of carbonyl (C=O) groups excluding carboxylic acids is 1. The van der Waals surface area contributed by atoms with E-state index < -0.39 is 24.0 Å². The Bertz CT molecular complexity index is 820. The maximum absolute atomic E-state index is 12.5. The van der Waals surface area contributed by atoms with Crippen molar-refractivity contribution in [2.75, 3.05) is 12.4 Å². The van der Waals surface area contributed by atoms with Crippen LogP contribution in [0.4, 0.5) is 14.5 Å². The summed E-state index contributed by atoms with van der Waals surface area (Å²) in [4.78, 5) is 23.5. The lowest BCUT2D eigenvalue weighted by molar-refractivity contribution is -0.146. The van der Waals surface area contributed by atoms with Crippen LogP contribution in [0.15, 0.2) is 30.6 Å². The van der Waals surface area contributed by atoms with Gasteiger partial charge in [-0.05, 0) is 32.0 Å². The van der Waals surface area contributed by atoms with Gasteiger partial charge in [0.25, 0.3) is 5.91 Å². The van der Waals surface area contributed by atoms with E-state index in [1.165, 1.54) is 50.2 Å². The third kappa shape index (κ3) is 4.08. The van der Waals surface area contributed by atoms with E-state index in [-0.39, 0.29) is 22.7 Å². The van der Waals surface area contributed by atoms with Gasteiger partial charge in [0.15, 0.2) is 17.0 Å². The normalized spacial score (nSPS) is 11.3. The van der Waals surface area contributed by atoms with Crippen molar-refractivity contribution in [1.82, 2.24) is 9.78 Å². The van der Waals surface area contributed by atoms with Gasteiger partial charge in [0.2, 0.25) is 0 Å². The molecule has 0 aliphatic heterocycles. The Balaban J connectivity index is 2.20. The number of methoxy groups -OCH3 is 1. The molecule has 1 heterocycles. The number of rotatable bonds is 7. The molecule has 0 atom stereocenters. The largest absolute Gasteiger partial charge is 0.493 e. The van der Waals surface area contributed by atoms with Crippen LogP contribution in [0.2, 0.25) is 0 Å². The van der Waals surface area contributed by atoms with Crippen molar-refractivity contribution in [2.24, 2.45) is 0 Å². The van der Waals surface area contributed by atoms with Crippen LogP contribution in [0, 0.1) is 0 Å². The zero-order valence-electron chi connectivity index (χ0n) is 14.2. The molecule has 0 aliphatic carbocycles. The monoisotopic (exact) mass is 369 g/mol. The number of ether oxygens (including phenoxy) is 2. The van der Waals surface area contributed by atoms with Gasteiger partial charge in [0.05, 0.1) is 19.0 Å². The summed E-state index contributed by atoms with van der Waals surface area (Å²) in [5, 5.41) is 15.6. The van der Waals surface area contributed by atoms with E-state index in [2.05, 4.69) is 15.2 Å². The molecular formula is C16H17F2N3O5. The van der Waals surface area contributed by atoms with Crippen LogP contribution >= 0.6 is 0 Å². The summed E-state index contributed by atoms with van der Waals surface area (Å²) in [6.07, 6.45) is 2.63. The highest BCUT2D eigenvalue weighted by Gasteiger charge is 2.30. The second-order valence-corrected chi connectivity index (χ2v) is 5.74. The smallest absolute Gasteiger partial charge is 0.387 e. The van der Waals surface area contributed by atoms with Crippen molar-refractivity contribution in [2.45, 2.75) is 26.0 Å². The van der Waals surface area contributed by atoms with Crippen molar-refractivity contribution in [3.8, 4) is 11.5 Å². The summed E-state index contributed by atoms with van der Waals surface area (Å²) in [6, 6.07) is 3.81. The number of alkyl halides is 2. The Hall–Kier alpha value is -3.17. The van der Waals surface area contributed by atoms with Crippen molar-refractivity contribution in [3.63, 3.8) is 0 Å². The van der Waals surface area contributed by atoms with E-state index in [4.69, 9.17) is 4.74 Å². The fourth-order valence-corrected chi connectivity index (χ4v) is 2.00. The third-order valence-electron chi connectivity index (χ3n) is 3.58. The average Bonchev–Trinajstić information content (AvgIpc) is 3.03. The molecule has 0 bridgehead atoms. The van der Waals surface area contributed by atoms with E-state index in [0.29, 0.717) is 0 Å². The molecule has 2 N–H and O–H groups in total. The van der Waals surface area contributed by atoms with Crippen LogP contribution in [-0.4, -0.2) is 40.5 Å². The Morgan fingerprint density at radius 3 is 2.58 bits per heavy atom. The number of hydrogen-bond acceptors (Lipinski definition) is 5. The maximum atomic E-state index is 12.5. The number of amides is 1. The quantitative estimate of drug-likeness (QED) is 0.778. The van der Waals surface area contributed by atoms with Gasteiger partial charge in [-0.25, -0.2) is 4.79 Å². The number of aliphatic carboxylic acids is 1. The van der Waals surface area contributed by atoms with Gasteiger partial charge in [-0.2, -0.15) is 13.9 Å². The van der Waals surface area contributed by atoms with Gasteiger partial charge in [-0.1, -0.05) is 0 Å². The number of carbonyl (C=O) groups is 2. The molecule has 0 spiro atoms. The van der Waals surface area contributed by atoms with Crippen molar-refractivity contribution in [3.05, 3.63) is 36.2 Å². The highest BCUT2D eigenvalue weighted by molar-refractivity contribution is 6.04. The number of aromatic nitrogens is 2. The molecule has 10 heteroatoms. The van der Waals surface area contributed by atoms with Crippen LogP contribution in [-0.2, 0) is 10.3 Å². The van der Waals surface area contributed by atoms with Crippen LogP contribution in [0.25, 0.3) is 0 Å². The van der Waals surface area contributed by atoms with E-state index in [1.54, 1.807) is 0 Å². The van der Waals surface area contributed by atoms with Gasteiger partial charge in [0.1, 0.15) is 0 Å². The number of nitrogens with zero attached hydrogens (tertiary/aromatic N) is 2. The first-order valence-electron chi connectivity index (χ1n) is 7.38. The van der Waals surface area contributed by atoms with Gasteiger partial charge in [-0.15, -0.1) is 0 Å². The molecule has 0 aliphatic rings. The molecule has 2 aromatic rings. The Morgan fingerprint density at radius 1 is 1.31 bits per heavy atom. The second kappa shape index (κ2) is 7.38. The summed E-state index contributed by atoms with van der Waals surface area (Å²) in [5.74, 6) is -1.93. The van der Waals surface area contributed by atoms with Crippen LogP contribution in [0.1, 0.15) is 24.2 Å². The topological polar surface area (TPSA) is 103 Å². The molecular weight excluding hydrogens is 352 g/mol. The fraction of sp³-hybridized carbons (Fsp3) is 0.312. The molecule has 0 saturated heterocycles. The highest BCUT2D eigenvalue weighted by Crippen LogP contribution is 2.30. The molecule has 26 heavy (non-hydrogen) atoms. The first kappa shape index (κ1) is 19.2. The number of anilines is 1. The average molecular weight is 369 g/mol. The Morgan fingerprint density at radius 2 is 2.00 bits per heavy atom. The SMILES string of the molecule is COc1ccc(C(=O)Nc2cnn(C(C)(C)C(=O)O)c2)cc1OC(F)F. The minimum atomic E-state index is -3.07. The van der Waals surface area contributed by atoms with E-state index in [9.17, 15) is 23.5 Å². The molecule has 1 amide bonds. The third-order valence-corrected chi connectivity index (χ3v) is 3.58. The predicted octanol–water partition coefficient (Wildman–Crippen LogP) is 2.57. The molecule has 1 aromatic heterocycles. The molecule has 1 aromatic carbocycles. The van der Waals surface area contributed by atoms with Crippen molar-refractivity contribution in [1.29, 1.82) is 0 Å². The minimum Gasteiger partial charge on any atom is -0.493 e. The lowest BCUT2D eigenvalue weighted by Crippen LogP contribution is -2.35. The van der Waals surface area contributed by atoms with E-state index >= 15 is 0 Å². The molecule has 140 valence electrons. The van der Waals surface area contributed by atoms with Gasteiger partial charge in [-0.3, -0.25) is 9.48 Å². The molecule has 2 rings (SSSR count). The maximum Gasteiger partial charge on any atom is 0.387 e. The summed E-state index contributed by atoms with van der Waals surface area (Å²) in [5.41, 5.74) is -1.01. The molecule has 0 unspecified atom stereocenters. The number of carboxylic acid groups (broad SMARTS) is 1. The first-order chi connectivity index (χ1) is 12.1. The van der Waals surface area contributed by atoms with Gasteiger partial charge in [0, 0.05) is 11.8 Å². The lowest BCUT2D eigenvalue weighted by Gasteiger charge is -2.19. The number of nitrogens with one attached hydrogen (secondary N) is 1. The molecule has 0 fully saturated rings. The summed E-state index contributed by atoms with van der Waals surface area (Å²) in [6.45, 7) is -0.171. The molecule has 0 saturated carbocycles. The van der Waals surface area contributed by atoms with Crippen molar-refractivity contribution >= 4 is 17.6 Å². The highest BCUT2D eigenvalue weighted by atomic mass is 19.3. The van der Waals surface area contributed by atoms with Crippen LogP contribution < -0.4 is 14.8 Å². The van der Waals surface area contributed by atoms with E-state index in [1.807, 2.05) is 0 Å². The minimum absolute atomic E-state index is 0.0479. The zero-order chi connectivity index (χ0) is 19.5. The van der Waals surface area contributed by atoms with Gasteiger partial charge < -0.3 is 19.9 Å². The number of benzene rings is 1. The number of halogens is 2. The zero-order valence-corrected chi connectivity index (χ0v) is 14.2. The number of hydrogen-bond donors (Lipinski definition) is 2. The van der Waals surface area contributed by atoms with E-state index in [0.717, 1.165) is 6.07 Å². The second-order valence-electron chi connectivity index (χ2n) is 5.74. The first-order valence-corrected chi connectivity index (χ1v) is 7.38. The lowest BCUT2D eigenvalue weighted by atomic mass is 10.1. The van der Waals surface area contributed by atoms with Crippen LogP contribution in [0.3, 0.4) is 0 Å². The molecule has 8 nitrogen and oxygen atoms in total. The summed E-state index contributed by atoms with van der Waals surface area (Å²) < 4.78 is 35.3. The summed E-state index contributed by atoms with van der Waals surface area (Å²) in [7, 11) is 1.28. The fourth-order valence-electron chi connectivity index (χ4n) is 2.00. The molecule has 0 radical (unpaired) electrons. The van der Waals surface area contributed by atoms with Crippen LogP contribution in [0.5, 0.6) is 11.5 Å². The Kier molecular flexibility index (Phi) is 5.44. The standard InChI is InChI=1S/C16H17F2N3O5/c1-16(2,14(23)24)21-8-10(7-19-21)20-13(22)9-4-5-11(25-3)12(6-9)26-15(17)18/h4-8,15H,1-3H3,(H,20,22)(H,23,24). The predicted molar refractivity (Wildman–Crippen MR) is 86.8 cm³/mol.